The van der Waals surface area contributed by atoms with E-state index in [1.165, 1.54) is 0 Å². The van der Waals surface area contributed by atoms with Gasteiger partial charge in [-0.15, -0.1) is 0 Å². The van der Waals surface area contributed by atoms with Crippen molar-refractivity contribution in [1.82, 2.24) is 15.3 Å². The molecule has 2 rings (SSSR count). The third-order valence-electron chi connectivity index (χ3n) is 2.81. The number of hydrogen-bond donors (Lipinski definition) is 2. The Kier molecular flexibility index (Phi) is 3.97. The van der Waals surface area contributed by atoms with Gasteiger partial charge in [0.05, 0.1) is 24.0 Å². The van der Waals surface area contributed by atoms with Gasteiger partial charge in [-0.1, -0.05) is 0 Å². The number of pyridine rings is 1. The molecule has 0 unspecified atom stereocenters. The Morgan fingerprint density at radius 2 is 2.20 bits per heavy atom. The molecular formula is C13H15FN4O2. The van der Waals surface area contributed by atoms with Crippen LogP contribution in [0.1, 0.15) is 27.7 Å². The number of aryl methyl sites for hydroxylation is 2. The smallest absolute Gasteiger partial charge is 0.255 e. The number of carbonyl (C=O) groups excluding carboxylic acids is 1. The molecule has 0 saturated heterocycles. The summed E-state index contributed by atoms with van der Waals surface area (Å²) in [5.74, 6) is 0.400. The van der Waals surface area contributed by atoms with Crippen molar-refractivity contribution in [1.29, 1.82) is 0 Å². The summed E-state index contributed by atoms with van der Waals surface area (Å²) in [6.45, 7) is 3.75. The summed E-state index contributed by atoms with van der Waals surface area (Å²) in [5, 5.41) is 5.35. The van der Waals surface area contributed by atoms with Crippen molar-refractivity contribution in [2.45, 2.75) is 20.4 Å². The van der Waals surface area contributed by atoms with Crippen LogP contribution in [0.3, 0.4) is 0 Å². The van der Waals surface area contributed by atoms with Gasteiger partial charge in [-0.25, -0.2) is 14.4 Å². The Morgan fingerprint density at radius 1 is 1.45 bits per heavy atom. The third kappa shape index (κ3) is 2.93. The average molecular weight is 278 g/mol. The Hall–Kier alpha value is -2.44. The van der Waals surface area contributed by atoms with Gasteiger partial charge in [0.1, 0.15) is 17.4 Å². The Labute approximate surface area is 115 Å². The van der Waals surface area contributed by atoms with Crippen LogP contribution in [0.25, 0.3) is 0 Å². The van der Waals surface area contributed by atoms with E-state index in [1.807, 2.05) is 6.92 Å². The van der Waals surface area contributed by atoms with Crippen LogP contribution in [0.4, 0.5) is 10.2 Å². The lowest BCUT2D eigenvalue weighted by Gasteiger charge is -2.07. The highest BCUT2D eigenvalue weighted by Gasteiger charge is 2.14. The maximum absolute atomic E-state index is 13.2. The van der Waals surface area contributed by atoms with Crippen molar-refractivity contribution in [3.63, 3.8) is 0 Å². The minimum absolute atomic E-state index is 0.132. The van der Waals surface area contributed by atoms with Gasteiger partial charge >= 0.3 is 0 Å². The highest BCUT2D eigenvalue weighted by Crippen LogP contribution is 2.13. The predicted molar refractivity (Wildman–Crippen MR) is 70.9 cm³/mol. The minimum atomic E-state index is -0.572. The van der Waals surface area contributed by atoms with Crippen LogP contribution in [0.2, 0.25) is 0 Å². The van der Waals surface area contributed by atoms with Crippen LogP contribution in [0, 0.1) is 19.7 Å². The monoisotopic (exact) mass is 278 g/mol. The number of halogens is 1. The average Bonchev–Trinajstić information content (AvgIpc) is 2.75. The van der Waals surface area contributed by atoms with E-state index >= 15 is 0 Å². The molecule has 20 heavy (non-hydrogen) atoms. The summed E-state index contributed by atoms with van der Waals surface area (Å²) in [7, 11) is 1.61. The zero-order chi connectivity index (χ0) is 14.7. The lowest BCUT2D eigenvalue weighted by atomic mass is 10.2. The Morgan fingerprint density at radius 3 is 2.80 bits per heavy atom. The summed E-state index contributed by atoms with van der Waals surface area (Å²) in [6.07, 6.45) is 1.05. The zero-order valence-electron chi connectivity index (χ0n) is 11.5. The SMILES string of the molecule is CNc1ncc(F)cc1C(=O)NCc1nc(C)c(C)o1. The maximum Gasteiger partial charge on any atom is 0.255 e. The van der Waals surface area contributed by atoms with Gasteiger partial charge in [-0.3, -0.25) is 4.79 Å². The quantitative estimate of drug-likeness (QED) is 0.891. The molecule has 2 aromatic heterocycles. The minimum Gasteiger partial charge on any atom is -0.444 e. The normalized spacial score (nSPS) is 10.4. The highest BCUT2D eigenvalue weighted by molar-refractivity contribution is 5.98. The molecule has 0 bridgehead atoms. The second-order valence-electron chi connectivity index (χ2n) is 4.23. The van der Waals surface area contributed by atoms with Gasteiger partial charge in [0, 0.05) is 7.05 Å². The molecule has 0 fully saturated rings. The van der Waals surface area contributed by atoms with Gasteiger partial charge < -0.3 is 15.1 Å². The molecule has 106 valence electrons. The lowest BCUT2D eigenvalue weighted by Crippen LogP contribution is -2.24. The molecule has 1 amide bonds. The first-order valence-electron chi connectivity index (χ1n) is 6.05. The summed E-state index contributed by atoms with van der Waals surface area (Å²) < 4.78 is 18.5. The van der Waals surface area contributed by atoms with E-state index in [0.29, 0.717) is 17.5 Å². The van der Waals surface area contributed by atoms with E-state index in [2.05, 4.69) is 20.6 Å². The van der Waals surface area contributed by atoms with E-state index in [4.69, 9.17) is 4.42 Å². The van der Waals surface area contributed by atoms with E-state index in [-0.39, 0.29) is 12.1 Å². The van der Waals surface area contributed by atoms with E-state index in [9.17, 15) is 9.18 Å². The fourth-order valence-corrected chi connectivity index (χ4v) is 1.68. The molecule has 7 heteroatoms. The number of rotatable bonds is 4. The molecule has 0 atom stereocenters. The van der Waals surface area contributed by atoms with Crippen LogP contribution in [-0.2, 0) is 6.54 Å². The molecule has 2 heterocycles. The van der Waals surface area contributed by atoms with Gasteiger partial charge in [-0.05, 0) is 19.9 Å². The standard InChI is InChI=1S/C13H15FN4O2/c1-7-8(2)20-11(18-7)6-17-13(19)10-4-9(14)5-16-12(10)15-3/h4-5H,6H2,1-3H3,(H,15,16)(H,17,19). The molecule has 0 radical (unpaired) electrons. The summed E-state index contributed by atoms with van der Waals surface area (Å²) in [5.41, 5.74) is 0.907. The van der Waals surface area contributed by atoms with Gasteiger partial charge in [0.2, 0.25) is 5.89 Å². The molecule has 6 nitrogen and oxygen atoms in total. The number of nitrogens with one attached hydrogen (secondary N) is 2. The molecule has 0 spiro atoms. The van der Waals surface area contributed by atoms with Crippen molar-refractivity contribution in [2.24, 2.45) is 0 Å². The fourth-order valence-electron chi connectivity index (χ4n) is 1.68. The molecule has 0 aliphatic heterocycles. The number of aromatic nitrogens is 2. The Balaban J connectivity index is 2.10. The van der Waals surface area contributed by atoms with Crippen LogP contribution in [0.15, 0.2) is 16.7 Å². The molecular weight excluding hydrogens is 263 g/mol. The van der Waals surface area contributed by atoms with E-state index in [1.54, 1.807) is 14.0 Å². The Bertz CT molecular complexity index is 620. The van der Waals surface area contributed by atoms with Crippen LogP contribution >= 0.6 is 0 Å². The second-order valence-corrected chi connectivity index (χ2v) is 4.23. The molecule has 2 N–H and O–H groups in total. The van der Waals surface area contributed by atoms with E-state index in [0.717, 1.165) is 18.0 Å². The summed E-state index contributed by atoms with van der Waals surface area (Å²) in [4.78, 5) is 20.0. The van der Waals surface area contributed by atoms with Crippen LogP contribution in [0.5, 0.6) is 0 Å². The van der Waals surface area contributed by atoms with Gasteiger partial charge in [0.15, 0.2) is 0 Å². The summed E-state index contributed by atoms with van der Waals surface area (Å²) >= 11 is 0. The number of carbonyl (C=O) groups is 1. The number of anilines is 1. The van der Waals surface area contributed by atoms with E-state index < -0.39 is 11.7 Å². The second kappa shape index (κ2) is 5.68. The number of amides is 1. The van der Waals surface area contributed by atoms with Crippen molar-refractivity contribution in [2.75, 3.05) is 12.4 Å². The summed E-state index contributed by atoms with van der Waals surface area (Å²) in [6, 6.07) is 1.13. The molecule has 0 aliphatic rings. The highest BCUT2D eigenvalue weighted by atomic mass is 19.1. The van der Waals surface area contributed by atoms with Crippen molar-refractivity contribution >= 4 is 11.7 Å². The predicted octanol–water partition coefficient (Wildman–Crippen LogP) is 1.80. The third-order valence-corrected chi connectivity index (χ3v) is 2.81. The topological polar surface area (TPSA) is 80.0 Å². The first-order valence-corrected chi connectivity index (χ1v) is 6.05. The number of hydrogen-bond acceptors (Lipinski definition) is 5. The van der Waals surface area contributed by atoms with Crippen molar-refractivity contribution in [3.8, 4) is 0 Å². The molecule has 0 saturated carbocycles. The number of nitrogens with zero attached hydrogens (tertiary/aromatic N) is 2. The maximum atomic E-state index is 13.2. The first kappa shape index (κ1) is 14.0. The molecule has 0 aliphatic carbocycles. The zero-order valence-corrected chi connectivity index (χ0v) is 11.5. The van der Waals surface area contributed by atoms with Crippen molar-refractivity contribution < 1.29 is 13.6 Å². The molecule has 2 aromatic rings. The number of oxazole rings is 1. The van der Waals surface area contributed by atoms with Crippen LogP contribution in [-0.4, -0.2) is 22.9 Å². The largest absolute Gasteiger partial charge is 0.444 e. The van der Waals surface area contributed by atoms with Crippen molar-refractivity contribution in [3.05, 3.63) is 41.0 Å². The van der Waals surface area contributed by atoms with Gasteiger partial charge in [0.25, 0.3) is 5.91 Å². The molecule has 0 aromatic carbocycles. The van der Waals surface area contributed by atoms with Crippen LogP contribution < -0.4 is 10.6 Å². The van der Waals surface area contributed by atoms with Gasteiger partial charge in [-0.2, -0.15) is 0 Å². The fraction of sp³-hybridized carbons (Fsp3) is 0.308. The first-order chi connectivity index (χ1) is 9.51. The lowest BCUT2D eigenvalue weighted by molar-refractivity contribution is 0.0947.